The van der Waals surface area contributed by atoms with Crippen LogP contribution in [0, 0.1) is 0 Å². The van der Waals surface area contributed by atoms with Gasteiger partial charge in [-0.1, -0.05) is 41.0 Å². The van der Waals surface area contributed by atoms with E-state index in [-0.39, 0.29) is 0 Å². The smallest absolute Gasteiger partial charge is 0.191 e. The van der Waals surface area contributed by atoms with Crippen molar-refractivity contribution in [3.05, 3.63) is 52.5 Å². The zero-order valence-corrected chi connectivity index (χ0v) is 16.6. The Kier molecular flexibility index (Phi) is 6.29. The maximum atomic E-state index is 6.09. The van der Waals surface area contributed by atoms with Crippen LogP contribution in [0.3, 0.4) is 0 Å². The molecule has 1 heterocycles. The summed E-state index contributed by atoms with van der Waals surface area (Å²) in [4.78, 5) is 0. The summed E-state index contributed by atoms with van der Waals surface area (Å²) in [6, 6.07) is 13.0. The second-order valence-corrected chi connectivity index (χ2v) is 7.22. The Hall–Kier alpha value is -1.89. The van der Waals surface area contributed by atoms with Gasteiger partial charge in [-0.05, 0) is 36.4 Å². The zero-order valence-electron chi connectivity index (χ0n) is 14.3. The molecule has 136 valence electrons. The van der Waals surface area contributed by atoms with Crippen molar-refractivity contribution >= 4 is 35.0 Å². The number of thioether (sulfide) groups is 1. The number of halogens is 2. The zero-order chi connectivity index (χ0) is 18.5. The first-order valence-corrected chi connectivity index (χ1v) is 9.57. The van der Waals surface area contributed by atoms with Crippen molar-refractivity contribution in [2.24, 2.45) is 7.05 Å². The number of hydrogen-bond acceptors (Lipinski definition) is 5. The first-order chi connectivity index (χ1) is 12.6. The van der Waals surface area contributed by atoms with Crippen LogP contribution in [0.2, 0.25) is 10.0 Å². The Labute approximate surface area is 166 Å². The molecule has 0 radical (unpaired) electrons. The third-order valence-electron chi connectivity index (χ3n) is 3.66. The Morgan fingerprint density at radius 2 is 1.73 bits per heavy atom. The normalized spacial score (nSPS) is 10.8. The molecule has 0 aliphatic heterocycles. The minimum atomic E-state index is 0.457. The molecule has 0 aliphatic carbocycles. The van der Waals surface area contributed by atoms with Gasteiger partial charge in [0.15, 0.2) is 16.7 Å². The highest BCUT2D eigenvalue weighted by atomic mass is 35.5. The predicted molar refractivity (Wildman–Crippen MR) is 106 cm³/mol. The lowest BCUT2D eigenvalue weighted by molar-refractivity contribution is 0.344. The fourth-order valence-electron chi connectivity index (χ4n) is 2.33. The highest BCUT2D eigenvalue weighted by Crippen LogP contribution is 2.32. The van der Waals surface area contributed by atoms with E-state index in [0.717, 1.165) is 22.3 Å². The van der Waals surface area contributed by atoms with Crippen LogP contribution in [0.25, 0.3) is 11.4 Å². The van der Waals surface area contributed by atoms with Gasteiger partial charge in [0.2, 0.25) is 0 Å². The lowest BCUT2D eigenvalue weighted by Crippen LogP contribution is -2.03. The van der Waals surface area contributed by atoms with Crippen molar-refractivity contribution < 1.29 is 9.47 Å². The maximum Gasteiger partial charge on any atom is 0.191 e. The number of para-hydroxylation sites is 1. The highest BCUT2D eigenvalue weighted by Gasteiger charge is 2.12. The van der Waals surface area contributed by atoms with Crippen LogP contribution in [0.4, 0.5) is 0 Å². The number of ether oxygens (including phenoxy) is 2. The van der Waals surface area contributed by atoms with Crippen molar-refractivity contribution in [1.29, 1.82) is 0 Å². The molecule has 5 nitrogen and oxygen atoms in total. The first kappa shape index (κ1) is 18.9. The fourth-order valence-corrected chi connectivity index (χ4v) is 3.56. The van der Waals surface area contributed by atoms with Gasteiger partial charge in [0.05, 0.1) is 23.8 Å². The second kappa shape index (κ2) is 8.66. The lowest BCUT2D eigenvalue weighted by atomic mass is 10.2. The number of hydrogen-bond donors (Lipinski definition) is 0. The molecule has 0 saturated carbocycles. The Morgan fingerprint density at radius 3 is 2.38 bits per heavy atom. The molecule has 0 fully saturated rings. The van der Waals surface area contributed by atoms with E-state index in [0.29, 0.717) is 28.2 Å². The van der Waals surface area contributed by atoms with E-state index in [1.807, 2.05) is 35.9 Å². The summed E-state index contributed by atoms with van der Waals surface area (Å²) in [5, 5.41) is 10.3. The topological polar surface area (TPSA) is 49.2 Å². The van der Waals surface area contributed by atoms with E-state index in [2.05, 4.69) is 10.2 Å². The summed E-state index contributed by atoms with van der Waals surface area (Å²) in [7, 11) is 3.58. The summed E-state index contributed by atoms with van der Waals surface area (Å²) in [6.07, 6.45) is 0. The number of nitrogens with zero attached hydrogens (tertiary/aromatic N) is 3. The molecular formula is C18H17Cl2N3O2S. The molecule has 0 aliphatic rings. The van der Waals surface area contributed by atoms with Crippen LogP contribution >= 0.6 is 35.0 Å². The second-order valence-electron chi connectivity index (χ2n) is 5.34. The summed E-state index contributed by atoms with van der Waals surface area (Å²) < 4.78 is 12.8. The van der Waals surface area contributed by atoms with E-state index in [1.54, 1.807) is 37.1 Å². The van der Waals surface area contributed by atoms with Gasteiger partial charge in [0.1, 0.15) is 5.75 Å². The number of benzene rings is 2. The molecule has 8 heteroatoms. The summed E-state index contributed by atoms with van der Waals surface area (Å²) in [5.41, 5.74) is 0.978. The quantitative estimate of drug-likeness (QED) is 0.407. The van der Waals surface area contributed by atoms with Gasteiger partial charge < -0.3 is 14.0 Å². The molecule has 0 bridgehead atoms. The number of aromatic nitrogens is 3. The monoisotopic (exact) mass is 409 g/mol. The Balaban J connectivity index is 1.60. The molecular weight excluding hydrogens is 393 g/mol. The molecule has 0 N–H and O–H groups in total. The molecule has 0 atom stereocenters. The average molecular weight is 410 g/mol. The van der Waals surface area contributed by atoms with Gasteiger partial charge in [-0.3, -0.25) is 0 Å². The van der Waals surface area contributed by atoms with Gasteiger partial charge in [0, 0.05) is 18.4 Å². The van der Waals surface area contributed by atoms with E-state index >= 15 is 0 Å². The minimum Gasteiger partial charge on any atom is -0.497 e. The maximum absolute atomic E-state index is 6.09. The van der Waals surface area contributed by atoms with Crippen LogP contribution in [-0.4, -0.2) is 34.2 Å². The van der Waals surface area contributed by atoms with Crippen LogP contribution in [0.15, 0.2) is 47.6 Å². The SMILES string of the molecule is COc1ccc(-c2nnc(SCCOc3c(Cl)cccc3Cl)n2C)cc1. The fraction of sp³-hybridized carbons (Fsp3) is 0.222. The Morgan fingerprint density at radius 1 is 1.04 bits per heavy atom. The summed E-state index contributed by atoms with van der Waals surface area (Å²) in [5.74, 6) is 2.80. The molecule has 2 aromatic carbocycles. The van der Waals surface area contributed by atoms with Gasteiger partial charge in [-0.25, -0.2) is 0 Å². The molecule has 3 aromatic rings. The standard InChI is InChI=1S/C18H17Cl2N3O2S/c1-23-17(12-6-8-13(24-2)9-7-12)21-22-18(23)26-11-10-25-16-14(19)4-3-5-15(16)20/h3-9H,10-11H2,1-2H3. The van der Waals surface area contributed by atoms with Crippen LogP contribution < -0.4 is 9.47 Å². The predicted octanol–water partition coefficient (Wildman–Crippen LogP) is 4.97. The van der Waals surface area contributed by atoms with E-state index in [4.69, 9.17) is 32.7 Å². The molecule has 26 heavy (non-hydrogen) atoms. The number of methoxy groups -OCH3 is 1. The minimum absolute atomic E-state index is 0.457. The number of rotatable bonds is 7. The molecule has 0 amide bonds. The molecule has 3 rings (SSSR count). The van der Waals surface area contributed by atoms with Crippen molar-refractivity contribution in [2.75, 3.05) is 19.5 Å². The van der Waals surface area contributed by atoms with Crippen LogP contribution in [0.1, 0.15) is 0 Å². The largest absolute Gasteiger partial charge is 0.497 e. The summed E-state index contributed by atoms with van der Waals surface area (Å²) in [6.45, 7) is 0.457. The third kappa shape index (κ3) is 4.26. The van der Waals surface area contributed by atoms with Crippen molar-refractivity contribution in [3.63, 3.8) is 0 Å². The van der Waals surface area contributed by atoms with Gasteiger partial charge in [0.25, 0.3) is 0 Å². The van der Waals surface area contributed by atoms with E-state index < -0.39 is 0 Å². The van der Waals surface area contributed by atoms with Crippen LogP contribution in [-0.2, 0) is 7.05 Å². The summed E-state index contributed by atoms with van der Waals surface area (Å²) >= 11 is 13.7. The van der Waals surface area contributed by atoms with Gasteiger partial charge >= 0.3 is 0 Å². The van der Waals surface area contributed by atoms with Gasteiger partial charge in [-0.15, -0.1) is 10.2 Å². The third-order valence-corrected chi connectivity index (χ3v) is 5.24. The van der Waals surface area contributed by atoms with Crippen molar-refractivity contribution in [2.45, 2.75) is 5.16 Å². The molecule has 0 spiro atoms. The van der Waals surface area contributed by atoms with Gasteiger partial charge in [-0.2, -0.15) is 0 Å². The van der Waals surface area contributed by atoms with Crippen molar-refractivity contribution in [1.82, 2.24) is 14.8 Å². The van der Waals surface area contributed by atoms with Crippen molar-refractivity contribution in [3.8, 4) is 22.9 Å². The van der Waals surface area contributed by atoms with E-state index in [9.17, 15) is 0 Å². The molecule has 0 saturated heterocycles. The lowest BCUT2D eigenvalue weighted by Gasteiger charge is -2.09. The average Bonchev–Trinajstić information content (AvgIpc) is 3.01. The Bertz CT molecular complexity index is 864. The molecule has 0 unspecified atom stereocenters. The van der Waals surface area contributed by atoms with Crippen LogP contribution in [0.5, 0.6) is 11.5 Å². The van der Waals surface area contributed by atoms with E-state index in [1.165, 1.54) is 0 Å². The molecule has 1 aromatic heterocycles. The first-order valence-electron chi connectivity index (χ1n) is 7.83. The highest BCUT2D eigenvalue weighted by molar-refractivity contribution is 7.99.